The third-order valence-electron chi connectivity index (χ3n) is 0.972. The molecule has 10 heavy (non-hydrogen) atoms. The molecule has 0 aromatic heterocycles. The molecular formula is C6H11NO3. The van der Waals surface area contributed by atoms with Crippen LogP contribution in [0.2, 0.25) is 0 Å². The highest BCUT2D eigenvalue weighted by atomic mass is 16.7. The van der Waals surface area contributed by atoms with Crippen LogP contribution in [0.5, 0.6) is 0 Å². The summed E-state index contributed by atoms with van der Waals surface area (Å²) in [5, 5.41) is 1.30. The number of carbonyl (C=O) groups excluding carboxylic acids is 2. The van der Waals surface area contributed by atoms with Gasteiger partial charge in [-0.15, -0.1) is 5.06 Å². The van der Waals surface area contributed by atoms with Crippen LogP contribution in [0.25, 0.3) is 0 Å². The fourth-order valence-electron chi connectivity index (χ4n) is 0.270. The zero-order chi connectivity index (χ0) is 8.15. The molecule has 0 unspecified atom stereocenters. The summed E-state index contributed by atoms with van der Waals surface area (Å²) in [5.41, 5.74) is 0. The van der Waals surface area contributed by atoms with E-state index in [1.807, 2.05) is 6.92 Å². The summed E-state index contributed by atoms with van der Waals surface area (Å²) in [7, 11) is 1.58. The van der Waals surface area contributed by atoms with Crippen molar-refractivity contribution in [1.29, 1.82) is 0 Å². The zero-order valence-electron chi connectivity index (χ0n) is 6.38. The fourth-order valence-corrected chi connectivity index (χ4v) is 0.270. The third kappa shape index (κ3) is 3.19. The molecular weight excluding hydrogens is 134 g/mol. The van der Waals surface area contributed by atoms with Crippen molar-refractivity contribution < 1.29 is 14.4 Å². The number of nitrogens with zero attached hydrogens (tertiary/aromatic N) is 1. The average Bonchev–Trinajstić information content (AvgIpc) is 1.87. The van der Waals surface area contributed by atoms with E-state index in [0.717, 1.165) is 0 Å². The molecule has 0 saturated heterocycles. The Morgan fingerprint density at radius 1 is 1.50 bits per heavy atom. The lowest BCUT2D eigenvalue weighted by Gasteiger charge is -2.11. The summed E-state index contributed by atoms with van der Waals surface area (Å²) >= 11 is 0. The van der Waals surface area contributed by atoms with Crippen molar-refractivity contribution in [2.75, 3.05) is 13.6 Å². The molecule has 0 aromatic carbocycles. The normalized spacial score (nSPS) is 9.60. The molecule has 0 amide bonds. The van der Waals surface area contributed by atoms with Gasteiger partial charge in [-0.2, -0.15) is 0 Å². The molecule has 58 valence electrons. The molecule has 0 atom stereocenters. The van der Waals surface area contributed by atoms with Gasteiger partial charge < -0.3 is 4.84 Å². The minimum Gasteiger partial charge on any atom is -0.362 e. The van der Waals surface area contributed by atoms with Crippen molar-refractivity contribution in [3.63, 3.8) is 0 Å². The van der Waals surface area contributed by atoms with Gasteiger partial charge in [0.2, 0.25) is 5.78 Å². The Kier molecular flexibility index (Phi) is 3.64. The topological polar surface area (TPSA) is 46.6 Å². The number of hydrogen-bond acceptors (Lipinski definition) is 4. The third-order valence-corrected chi connectivity index (χ3v) is 0.972. The second kappa shape index (κ2) is 4.00. The minimum atomic E-state index is -0.815. The van der Waals surface area contributed by atoms with Crippen LogP contribution in [-0.2, 0) is 14.4 Å². The van der Waals surface area contributed by atoms with Gasteiger partial charge in [-0.05, 0) is 6.92 Å². The van der Waals surface area contributed by atoms with Crippen LogP contribution in [-0.4, -0.2) is 30.4 Å². The largest absolute Gasteiger partial charge is 0.393 e. The second-order valence-electron chi connectivity index (χ2n) is 1.88. The van der Waals surface area contributed by atoms with E-state index in [9.17, 15) is 9.59 Å². The van der Waals surface area contributed by atoms with E-state index in [0.29, 0.717) is 6.54 Å². The van der Waals surface area contributed by atoms with Gasteiger partial charge in [0.1, 0.15) is 0 Å². The van der Waals surface area contributed by atoms with E-state index in [1.165, 1.54) is 12.0 Å². The Labute approximate surface area is 59.7 Å². The fraction of sp³-hybridized carbons (Fsp3) is 0.667. The zero-order valence-corrected chi connectivity index (χ0v) is 6.38. The molecule has 0 aromatic rings. The highest BCUT2D eigenvalue weighted by molar-refractivity contribution is 6.32. The Morgan fingerprint density at radius 3 is 2.30 bits per heavy atom. The maximum Gasteiger partial charge on any atom is 0.393 e. The molecule has 4 nitrogen and oxygen atoms in total. The van der Waals surface area contributed by atoms with Crippen LogP contribution < -0.4 is 0 Å². The molecule has 0 aliphatic carbocycles. The van der Waals surface area contributed by atoms with Gasteiger partial charge in [-0.3, -0.25) is 4.79 Å². The van der Waals surface area contributed by atoms with E-state index >= 15 is 0 Å². The number of carbonyl (C=O) groups is 2. The Hall–Kier alpha value is -0.900. The molecule has 0 aliphatic rings. The van der Waals surface area contributed by atoms with Crippen LogP contribution in [0.1, 0.15) is 13.8 Å². The first-order chi connectivity index (χ1) is 4.57. The van der Waals surface area contributed by atoms with Crippen LogP contribution in [0, 0.1) is 0 Å². The first-order valence-electron chi connectivity index (χ1n) is 3.02. The lowest BCUT2D eigenvalue weighted by Crippen LogP contribution is -2.26. The number of hydrogen-bond donors (Lipinski definition) is 0. The lowest BCUT2D eigenvalue weighted by molar-refractivity contribution is -0.185. The van der Waals surface area contributed by atoms with Crippen LogP contribution in [0.3, 0.4) is 0 Å². The SMILES string of the molecule is CCN(C)OC(=O)C(C)=O. The van der Waals surface area contributed by atoms with Gasteiger partial charge in [0.25, 0.3) is 0 Å². The molecule has 0 bridgehead atoms. The summed E-state index contributed by atoms with van der Waals surface area (Å²) in [4.78, 5) is 25.3. The molecule has 0 heterocycles. The number of hydroxylamine groups is 2. The standard InChI is InChI=1S/C6H11NO3/c1-4-7(3)10-6(9)5(2)8/h4H2,1-3H3. The van der Waals surface area contributed by atoms with Crippen LogP contribution in [0.4, 0.5) is 0 Å². The Bertz CT molecular complexity index is 144. The van der Waals surface area contributed by atoms with E-state index < -0.39 is 11.8 Å². The summed E-state index contributed by atoms with van der Waals surface area (Å²) in [6.07, 6.45) is 0. The summed E-state index contributed by atoms with van der Waals surface area (Å²) in [5.74, 6) is -1.40. The molecule has 0 rings (SSSR count). The predicted molar refractivity (Wildman–Crippen MR) is 35.1 cm³/mol. The maximum absolute atomic E-state index is 10.5. The van der Waals surface area contributed by atoms with E-state index in [-0.39, 0.29) is 0 Å². The van der Waals surface area contributed by atoms with Gasteiger partial charge in [-0.25, -0.2) is 4.79 Å². The molecule has 0 saturated carbocycles. The minimum absolute atomic E-state index is 0.568. The van der Waals surface area contributed by atoms with Crippen LogP contribution >= 0.6 is 0 Å². The average molecular weight is 145 g/mol. The molecule has 4 heteroatoms. The number of ketones is 1. The van der Waals surface area contributed by atoms with Crippen molar-refractivity contribution in [2.45, 2.75) is 13.8 Å². The molecule has 0 radical (unpaired) electrons. The molecule has 0 spiro atoms. The monoisotopic (exact) mass is 145 g/mol. The van der Waals surface area contributed by atoms with Crippen molar-refractivity contribution in [3.05, 3.63) is 0 Å². The quantitative estimate of drug-likeness (QED) is 0.414. The first-order valence-corrected chi connectivity index (χ1v) is 3.02. The van der Waals surface area contributed by atoms with Crippen molar-refractivity contribution >= 4 is 11.8 Å². The van der Waals surface area contributed by atoms with Gasteiger partial charge in [0, 0.05) is 20.5 Å². The second-order valence-corrected chi connectivity index (χ2v) is 1.88. The number of rotatable bonds is 3. The smallest absolute Gasteiger partial charge is 0.362 e. The van der Waals surface area contributed by atoms with Crippen molar-refractivity contribution in [1.82, 2.24) is 5.06 Å². The van der Waals surface area contributed by atoms with Crippen molar-refractivity contribution in [3.8, 4) is 0 Å². The lowest BCUT2D eigenvalue weighted by atomic mass is 10.5. The number of Topliss-reactive ketones (excluding diaryl/α,β-unsaturated/α-hetero) is 1. The van der Waals surface area contributed by atoms with E-state index in [1.54, 1.807) is 7.05 Å². The highest BCUT2D eigenvalue weighted by Gasteiger charge is 2.10. The summed E-state index contributed by atoms with van der Waals surface area (Å²) in [6.45, 7) is 3.55. The maximum atomic E-state index is 10.5. The highest BCUT2D eigenvalue weighted by Crippen LogP contribution is 1.85. The Morgan fingerprint density at radius 2 is 2.00 bits per heavy atom. The first kappa shape index (κ1) is 9.10. The van der Waals surface area contributed by atoms with Crippen LogP contribution in [0.15, 0.2) is 0 Å². The molecule has 0 N–H and O–H groups in total. The molecule has 0 fully saturated rings. The Balaban J connectivity index is 3.68. The van der Waals surface area contributed by atoms with Gasteiger partial charge >= 0.3 is 5.97 Å². The summed E-state index contributed by atoms with van der Waals surface area (Å²) < 4.78 is 0. The van der Waals surface area contributed by atoms with Crippen molar-refractivity contribution in [2.24, 2.45) is 0 Å². The van der Waals surface area contributed by atoms with E-state index in [4.69, 9.17) is 0 Å². The predicted octanol–water partition coefficient (Wildman–Crippen LogP) is -0.0147. The van der Waals surface area contributed by atoms with Gasteiger partial charge in [-0.1, -0.05) is 0 Å². The van der Waals surface area contributed by atoms with E-state index in [2.05, 4.69) is 4.84 Å². The van der Waals surface area contributed by atoms with Gasteiger partial charge in [0.15, 0.2) is 0 Å². The van der Waals surface area contributed by atoms with Gasteiger partial charge in [0.05, 0.1) is 0 Å². The summed E-state index contributed by atoms with van der Waals surface area (Å²) in [6, 6.07) is 0. The molecule has 0 aliphatic heterocycles.